The number of aryl methyl sites for hydroxylation is 1. The molecule has 0 fully saturated rings. The number of fused-ring (bicyclic) bond motifs is 1. The Bertz CT molecular complexity index is 454. The molecule has 0 amide bonds. The summed E-state index contributed by atoms with van der Waals surface area (Å²) in [6, 6.07) is 6.57. The summed E-state index contributed by atoms with van der Waals surface area (Å²) in [7, 11) is 0. The SMILES string of the molecule is CC(C)CN1CC(C)(C)Oc2ccc(CCCN)cc21. The van der Waals surface area contributed by atoms with Crippen molar-refractivity contribution in [2.24, 2.45) is 11.7 Å². The van der Waals surface area contributed by atoms with Crippen LogP contribution in [0.15, 0.2) is 18.2 Å². The minimum atomic E-state index is -0.124. The highest BCUT2D eigenvalue weighted by molar-refractivity contribution is 5.62. The third-order valence-corrected chi connectivity index (χ3v) is 3.58. The summed E-state index contributed by atoms with van der Waals surface area (Å²) in [5.41, 5.74) is 8.08. The lowest BCUT2D eigenvalue weighted by Crippen LogP contribution is -2.48. The molecule has 3 heteroatoms. The third-order valence-electron chi connectivity index (χ3n) is 3.58. The largest absolute Gasteiger partial charge is 0.484 e. The molecule has 1 aromatic rings. The van der Waals surface area contributed by atoms with Gasteiger partial charge in [0.15, 0.2) is 0 Å². The molecule has 0 spiro atoms. The molecule has 0 saturated carbocycles. The number of ether oxygens (including phenoxy) is 1. The van der Waals surface area contributed by atoms with Crippen molar-refractivity contribution in [2.75, 3.05) is 24.5 Å². The zero-order valence-electron chi connectivity index (χ0n) is 13.3. The van der Waals surface area contributed by atoms with Crippen molar-refractivity contribution in [3.05, 3.63) is 23.8 Å². The van der Waals surface area contributed by atoms with E-state index in [1.807, 2.05) is 0 Å². The van der Waals surface area contributed by atoms with Gasteiger partial charge in [0.2, 0.25) is 0 Å². The fraction of sp³-hybridized carbons (Fsp3) is 0.647. The van der Waals surface area contributed by atoms with Gasteiger partial charge in [0.05, 0.1) is 12.2 Å². The zero-order chi connectivity index (χ0) is 14.8. The Morgan fingerprint density at radius 2 is 2.10 bits per heavy atom. The number of nitrogens with two attached hydrogens (primary N) is 1. The maximum atomic E-state index is 6.12. The molecule has 3 nitrogen and oxygen atoms in total. The highest BCUT2D eigenvalue weighted by Gasteiger charge is 2.31. The van der Waals surface area contributed by atoms with Crippen LogP contribution in [0.4, 0.5) is 5.69 Å². The average molecular weight is 276 g/mol. The molecule has 0 unspecified atom stereocenters. The summed E-state index contributed by atoms with van der Waals surface area (Å²) in [5, 5.41) is 0. The first kappa shape index (κ1) is 15.2. The first-order chi connectivity index (χ1) is 9.41. The standard InChI is InChI=1S/C17H28N2O/c1-13(2)11-19-12-17(3,4)20-16-8-7-14(6-5-9-18)10-15(16)19/h7-8,10,13H,5-6,9,11-12,18H2,1-4H3. The second-order valence-electron chi connectivity index (χ2n) is 6.83. The first-order valence-electron chi connectivity index (χ1n) is 7.68. The molecule has 20 heavy (non-hydrogen) atoms. The summed E-state index contributed by atoms with van der Waals surface area (Å²) in [6.07, 6.45) is 2.08. The van der Waals surface area contributed by atoms with Crippen molar-refractivity contribution in [1.29, 1.82) is 0 Å². The minimum Gasteiger partial charge on any atom is -0.484 e. The monoisotopic (exact) mass is 276 g/mol. The van der Waals surface area contributed by atoms with Crippen molar-refractivity contribution in [1.82, 2.24) is 0 Å². The summed E-state index contributed by atoms with van der Waals surface area (Å²) >= 11 is 0. The van der Waals surface area contributed by atoms with Gasteiger partial charge in [0.1, 0.15) is 11.4 Å². The van der Waals surface area contributed by atoms with Crippen LogP contribution in [0.1, 0.15) is 39.7 Å². The fourth-order valence-corrected chi connectivity index (χ4v) is 2.84. The van der Waals surface area contributed by atoms with Gasteiger partial charge in [-0.25, -0.2) is 0 Å². The molecular formula is C17H28N2O. The van der Waals surface area contributed by atoms with Crippen molar-refractivity contribution in [2.45, 2.75) is 46.1 Å². The van der Waals surface area contributed by atoms with Crippen LogP contribution in [0, 0.1) is 5.92 Å². The predicted octanol–water partition coefficient (Wildman–Crippen LogP) is 3.21. The number of nitrogens with zero attached hydrogens (tertiary/aromatic N) is 1. The second-order valence-corrected chi connectivity index (χ2v) is 6.83. The molecule has 2 rings (SSSR count). The van der Waals surface area contributed by atoms with E-state index in [0.717, 1.165) is 38.2 Å². The Balaban J connectivity index is 2.28. The molecule has 1 aliphatic heterocycles. The van der Waals surface area contributed by atoms with Crippen LogP contribution in [-0.4, -0.2) is 25.2 Å². The molecule has 112 valence electrons. The molecule has 1 aromatic carbocycles. The molecule has 2 N–H and O–H groups in total. The van der Waals surface area contributed by atoms with E-state index in [4.69, 9.17) is 10.5 Å². The zero-order valence-corrected chi connectivity index (χ0v) is 13.3. The molecule has 0 saturated heterocycles. The van der Waals surface area contributed by atoms with Gasteiger partial charge in [-0.05, 0) is 56.8 Å². The van der Waals surface area contributed by atoms with Crippen molar-refractivity contribution in [3.8, 4) is 5.75 Å². The van der Waals surface area contributed by atoms with Crippen LogP contribution in [0.2, 0.25) is 0 Å². The molecule has 1 heterocycles. The van der Waals surface area contributed by atoms with E-state index < -0.39 is 0 Å². The lowest BCUT2D eigenvalue weighted by molar-refractivity contribution is 0.104. The van der Waals surface area contributed by atoms with Gasteiger partial charge in [-0.15, -0.1) is 0 Å². The Kier molecular flexibility index (Phi) is 4.59. The molecule has 0 atom stereocenters. The van der Waals surface area contributed by atoms with Crippen LogP contribution < -0.4 is 15.4 Å². The second kappa shape index (κ2) is 6.04. The Morgan fingerprint density at radius 3 is 2.75 bits per heavy atom. The number of anilines is 1. The molecule has 0 bridgehead atoms. The molecule has 0 aliphatic carbocycles. The van der Waals surface area contributed by atoms with E-state index in [0.29, 0.717) is 5.92 Å². The van der Waals surface area contributed by atoms with Crippen molar-refractivity contribution >= 4 is 5.69 Å². The maximum Gasteiger partial charge on any atom is 0.143 e. The molecular weight excluding hydrogens is 248 g/mol. The van der Waals surface area contributed by atoms with E-state index in [-0.39, 0.29) is 5.60 Å². The quantitative estimate of drug-likeness (QED) is 0.897. The van der Waals surface area contributed by atoms with Gasteiger partial charge in [-0.2, -0.15) is 0 Å². The van der Waals surface area contributed by atoms with Gasteiger partial charge in [0, 0.05) is 6.54 Å². The summed E-state index contributed by atoms with van der Waals surface area (Å²) < 4.78 is 6.12. The van der Waals surface area contributed by atoms with Crippen LogP contribution in [-0.2, 0) is 6.42 Å². The smallest absolute Gasteiger partial charge is 0.143 e. The maximum absolute atomic E-state index is 6.12. The Hall–Kier alpha value is -1.22. The topological polar surface area (TPSA) is 38.5 Å². The van der Waals surface area contributed by atoms with Gasteiger partial charge < -0.3 is 15.4 Å². The molecule has 0 radical (unpaired) electrons. The van der Waals surface area contributed by atoms with Gasteiger partial charge >= 0.3 is 0 Å². The van der Waals surface area contributed by atoms with Crippen LogP contribution in [0.3, 0.4) is 0 Å². The van der Waals surface area contributed by atoms with E-state index in [9.17, 15) is 0 Å². The number of benzene rings is 1. The Labute approximate surface area is 123 Å². The molecule has 0 aromatic heterocycles. The van der Waals surface area contributed by atoms with Crippen LogP contribution in [0.5, 0.6) is 5.75 Å². The van der Waals surface area contributed by atoms with E-state index in [1.54, 1.807) is 0 Å². The van der Waals surface area contributed by atoms with Crippen molar-refractivity contribution in [3.63, 3.8) is 0 Å². The number of hydrogen-bond acceptors (Lipinski definition) is 3. The number of hydrogen-bond donors (Lipinski definition) is 1. The summed E-state index contributed by atoms with van der Waals surface area (Å²) in [6.45, 7) is 11.6. The van der Waals surface area contributed by atoms with E-state index in [2.05, 4.69) is 50.8 Å². The summed E-state index contributed by atoms with van der Waals surface area (Å²) in [5.74, 6) is 1.66. The first-order valence-corrected chi connectivity index (χ1v) is 7.68. The lowest BCUT2D eigenvalue weighted by Gasteiger charge is -2.42. The van der Waals surface area contributed by atoms with Crippen LogP contribution >= 0.6 is 0 Å². The van der Waals surface area contributed by atoms with Crippen molar-refractivity contribution < 1.29 is 4.74 Å². The highest BCUT2D eigenvalue weighted by Crippen LogP contribution is 2.38. The average Bonchev–Trinajstić information content (AvgIpc) is 2.34. The lowest BCUT2D eigenvalue weighted by atomic mass is 10.0. The third kappa shape index (κ3) is 3.66. The minimum absolute atomic E-state index is 0.124. The molecule has 1 aliphatic rings. The van der Waals surface area contributed by atoms with Gasteiger partial charge in [-0.3, -0.25) is 0 Å². The van der Waals surface area contributed by atoms with E-state index in [1.165, 1.54) is 11.3 Å². The normalized spacial score (nSPS) is 17.0. The van der Waals surface area contributed by atoms with E-state index >= 15 is 0 Å². The fourth-order valence-electron chi connectivity index (χ4n) is 2.84. The predicted molar refractivity (Wildman–Crippen MR) is 85.6 cm³/mol. The number of rotatable bonds is 5. The van der Waals surface area contributed by atoms with Gasteiger partial charge in [-0.1, -0.05) is 19.9 Å². The van der Waals surface area contributed by atoms with Gasteiger partial charge in [0.25, 0.3) is 0 Å². The highest BCUT2D eigenvalue weighted by atomic mass is 16.5. The summed E-state index contributed by atoms with van der Waals surface area (Å²) in [4.78, 5) is 2.47. The Morgan fingerprint density at radius 1 is 1.35 bits per heavy atom. The van der Waals surface area contributed by atoms with Crippen LogP contribution in [0.25, 0.3) is 0 Å².